The molecule has 0 bridgehead atoms. The van der Waals surface area contributed by atoms with Crippen LogP contribution in [0.4, 0.5) is 16.2 Å². The second kappa shape index (κ2) is 6.65. The van der Waals surface area contributed by atoms with Crippen molar-refractivity contribution in [3.8, 4) is 0 Å². The first-order valence-electron chi connectivity index (χ1n) is 7.33. The van der Waals surface area contributed by atoms with Gasteiger partial charge in [0.25, 0.3) is 0 Å². The Labute approximate surface area is 126 Å². The van der Waals surface area contributed by atoms with Crippen molar-refractivity contribution in [3.05, 3.63) is 18.5 Å². The molecule has 0 atom stereocenters. The first-order chi connectivity index (χ1) is 9.99. The maximum Gasteiger partial charge on any atom is 0.319 e. The molecular weight excluding hydrogens is 266 g/mol. The van der Waals surface area contributed by atoms with Gasteiger partial charge >= 0.3 is 6.03 Å². The zero-order valence-electron chi connectivity index (χ0n) is 13.3. The van der Waals surface area contributed by atoms with Crippen LogP contribution in [-0.4, -0.2) is 68.1 Å². The van der Waals surface area contributed by atoms with Crippen molar-refractivity contribution in [2.75, 3.05) is 51.5 Å². The number of piperidine rings is 1. The molecule has 1 N–H and O–H groups in total. The molecule has 1 fully saturated rings. The molecule has 0 aromatic carbocycles. The number of urea groups is 1. The maximum absolute atomic E-state index is 11.9. The summed E-state index contributed by atoms with van der Waals surface area (Å²) in [6.45, 7) is 1.60. The van der Waals surface area contributed by atoms with Crippen molar-refractivity contribution in [1.29, 1.82) is 0 Å². The molecule has 1 aromatic heterocycles. The zero-order chi connectivity index (χ0) is 15.4. The molecule has 6 heteroatoms. The summed E-state index contributed by atoms with van der Waals surface area (Å²) in [4.78, 5) is 21.7. The van der Waals surface area contributed by atoms with Gasteiger partial charge in [-0.2, -0.15) is 0 Å². The predicted molar refractivity (Wildman–Crippen MR) is 85.9 cm³/mol. The molecular formula is C15H25N5O. The molecule has 21 heavy (non-hydrogen) atoms. The molecule has 2 heterocycles. The lowest BCUT2D eigenvalue weighted by Gasteiger charge is -2.34. The minimum Gasteiger partial charge on any atom is -0.379 e. The Morgan fingerprint density at radius 3 is 2.52 bits per heavy atom. The topological polar surface area (TPSA) is 51.7 Å². The lowest BCUT2D eigenvalue weighted by Crippen LogP contribution is -2.46. The summed E-state index contributed by atoms with van der Waals surface area (Å²) in [6, 6.07) is 2.50. The second-order valence-electron chi connectivity index (χ2n) is 5.87. The highest BCUT2D eigenvalue weighted by Gasteiger charge is 2.24. The number of hydrogen-bond acceptors (Lipinski definition) is 4. The van der Waals surface area contributed by atoms with E-state index < -0.39 is 0 Å². The summed E-state index contributed by atoms with van der Waals surface area (Å²) in [6.07, 6.45) is 5.59. The molecule has 0 spiro atoms. The van der Waals surface area contributed by atoms with Gasteiger partial charge in [0.2, 0.25) is 0 Å². The molecule has 1 aliphatic rings. The SMILES string of the molecule is CN(C)C(=O)N1CCC(Nc2cnccc2N(C)C)CC1. The number of aromatic nitrogens is 1. The minimum atomic E-state index is 0.101. The number of anilines is 2. The third-order valence-corrected chi connectivity index (χ3v) is 3.79. The Morgan fingerprint density at radius 1 is 1.29 bits per heavy atom. The van der Waals surface area contributed by atoms with Gasteiger partial charge in [-0.25, -0.2) is 4.79 Å². The fourth-order valence-corrected chi connectivity index (χ4v) is 2.61. The van der Waals surface area contributed by atoms with Crippen LogP contribution in [0.1, 0.15) is 12.8 Å². The van der Waals surface area contributed by atoms with E-state index in [4.69, 9.17) is 0 Å². The minimum absolute atomic E-state index is 0.101. The summed E-state index contributed by atoms with van der Waals surface area (Å²) >= 11 is 0. The van der Waals surface area contributed by atoms with Crippen LogP contribution < -0.4 is 10.2 Å². The van der Waals surface area contributed by atoms with Crippen molar-refractivity contribution >= 4 is 17.4 Å². The Balaban J connectivity index is 1.94. The van der Waals surface area contributed by atoms with Gasteiger partial charge < -0.3 is 20.0 Å². The molecule has 0 unspecified atom stereocenters. The Hall–Kier alpha value is -1.98. The van der Waals surface area contributed by atoms with Crippen molar-refractivity contribution in [2.45, 2.75) is 18.9 Å². The standard InChI is InChI=1S/C15H25N5O/c1-18(2)14-5-8-16-11-13(14)17-12-6-9-20(10-7-12)15(21)19(3)4/h5,8,11-12,17H,6-7,9-10H2,1-4H3. The highest BCUT2D eigenvalue weighted by Crippen LogP contribution is 2.25. The van der Waals surface area contributed by atoms with E-state index in [1.807, 2.05) is 31.3 Å². The Kier molecular flexibility index (Phi) is 4.88. The third-order valence-electron chi connectivity index (χ3n) is 3.79. The van der Waals surface area contributed by atoms with E-state index in [-0.39, 0.29) is 6.03 Å². The third kappa shape index (κ3) is 3.77. The van der Waals surface area contributed by atoms with Crippen LogP contribution in [0.3, 0.4) is 0 Å². The van der Waals surface area contributed by atoms with Crippen LogP contribution in [0, 0.1) is 0 Å². The van der Waals surface area contributed by atoms with Crippen LogP contribution in [0.15, 0.2) is 18.5 Å². The summed E-state index contributed by atoms with van der Waals surface area (Å²) in [5.74, 6) is 0. The molecule has 2 amide bonds. The highest BCUT2D eigenvalue weighted by molar-refractivity contribution is 5.74. The molecule has 1 saturated heterocycles. The first-order valence-corrected chi connectivity index (χ1v) is 7.33. The Bertz CT molecular complexity index is 481. The van der Waals surface area contributed by atoms with Gasteiger partial charge in [-0.3, -0.25) is 4.98 Å². The Morgan fingerprint density at radius 2 is 1.95 bits per heavy atom. The maximum atomic E-state index is 11.9. The van der Waals surface area contributed by atoms with Gasteiger partial charge in [0.1, 0.15) is 0 Å². The normalized spacial score (nSPS) is 15.7. The average Bonchev–Trinajstić information content (AvgIpc) is 2.47. The number of rotatable bonds is 3. The number of carbonyl (C=O) groups excluding carboxylic acids is 1. The second-order valence-corrected chi connectivity index (χ2v) is 5.87. The van der Waals surface area contributed by atoms with E-state index in [1.54, 1.807) is 25.2 Å². The zero-order valence-corrected chi connectivity index (χ0v) is 13.3. The summed E-state index contributed by atoms with van der Waals surface area (Å²) in [5.41, 5.74) is 2.19. The van der Waals surface area contributed by atoms with E-state index in [9.17, 15) is 4.79 Å². The lowest BCUT2D eigenvalue weighted by molar-refractivity contribution is 0.158. The van der Waals surface area contributed by atoms with Crippen LogP contribution in [0.5, 0.6) is 0 Å². The van der Waals surface area contributed by atoms with Crippen molar-refractivity contribution in [2.24, 2.45) is 0 Å². The quantitative estimate of drug-likeness (QED) is 0.921. The number of nitrogens with zero attached hydrogens (tertiary/aromatic N) is 4. The smallest absolute Gasteiger partial charge is 0.319 e. The van der Waals surface area contributed by atoms with Crippen LogP contribution in [0.2, 0.25) is 0 Å². The number of amides is 2. The molecule has 6 nitrogen and oxygen atoms in total. The predicted octanol–water partition coefficient (Wildman–Crippen LogP) is 1.71. The van der Waals surface area contributed by atoms with E-state index in [1.165, 1.54) is 0 Å². The molecule has 2 rings (SSSR count). The fraction of sp³-hybridized carbons (Fsp3) is 0.600. The van der Waals surface area contributed by atoms with Gasteiger partial charge in [-0.15, -0.1) is 0 Å². The number of hydrogen-bond donors (Lipinski definition) is 1. The van der Waals surface area contributed by atoms with Gasteiger partial charge in [0.05, 0.1) is 17.6 Å². The van der Waals surface area contributed by atoms with Gasteiger partial charge in [0, 0.05) is 53.5 Å². The molecule has 0 radical (unpaired) electrons. The number of likely N-dealkylation sites (tertiary alicyclic amines) is 1. The van der Waals surface area contributed by atoms with Crippen molar-refractivity contribution in [1.82, 2.24) is 14.8 Å². The van der Waals surface area contributed by atoms with Gasteiger partial charge in [-0.1, -0.05) is 0 Å². The monoisotopic (exact) mass is 291 g/mol. The van der Waals surface area contributed by atoms with Gasteiger partial charge in [0.15, 0.2) is 0 Å². The van der Waals surface area contributed by atoms with Crippen molar-refractivity contribution in [3.63, 3.8) is 0 Å². The van der Waals surface area contributed by atoms with E-state index in [0.29, 0.717) is 6.04 Å². The number of nitrogens with one attached hydrogen (secondary N) is 1. The number of pyridine rings is 1. The van der Waals surface area contributed by atoms with Gasteiger partial charge in [-0.05, 0) is 18.9 Å². The molecule has 0 saturated carbocycles. The van der Waals surface area contributed by atoms with Crippen LogP contribution in [-0.2, 0) is 0 Å². The van der Waals surface area contributed by atoms with E-state index in [2.05, 4.69) is 15.2 Å². The van der Waals surface area contributed by atoms with E-state index in [0.717, 1.165) is 37.3 Å². The summed E-state index contributed by atoms with van der Waals surface area (Å²) in [5, 5.41) is 3.56. The van der Waals surface area contributed by atoms with Crippen molar-refractivity contribution < 1.29 is 4.79 Å². The largest absolute Gasteiger partial charge is 0.379 e. The summed E-state index contributed by atoms with van der Waals surface area (Å²) in [7, 11) is 7.65. The fourth-order valence-electron chi connectivity index (χ4n) is 2.61. The summed E-state index contributed by atoms with van der Waals surface area (Å²) < 4.78 is 0. The molecule has 1 aliphatic heterocycles. The number of carbonyl (C=O) groups is 1. The average molecular weight is 291 g/mol. The molecule has 116 valence electrons. The van der Waals surface area contributed by atoms with E-state index >= 15 is 0 Å². The molecule has 1 aromatic rings. The van der Waals surface area contributed by atoms with Crippen LogP contribution in [0.25, 0.3) is 0 Å². The first kappa shape index (κ1) is 15.4. The molecule has 0 aliphatic carbocycles. The lowest BCUT2D eigenvalue weighted by atomic mass is 10.0. The highest BCUT2D eigenvalue weighted by atomic mass is 16.2. The van der Waals surface area contributed by atoms with Crippen LogP contribution >= 0.6 is 0 Å².